The Bertz CT molecular complexity index is 17.0. The average Bonchev–Trinajstić information content (AvgIpc) is 0. The summed E-state index contributed by atoms with van der Waals surface area (Å²) in [5, 5.41) is 0. The average molecular weight is 437 g/mol. The van der Waals surface area contributed by atoms with Gasteiger partial charge in [-0.25, -0.2) is 0 Å². The van der Waals surface area contributed by atoms with Crippen LogP contribution in [0.3, 0.4) is 0 Å². The van der Waals surface area contributed by atoms with E-state index in [0.29, 0.717) is 0 Å². The van der Waals surface area contributed by atoms with Crippen molar-refractivity contribution in [1.82, 2.24) is 0 Å². The van der Waals surface area contributed by atoms with E-state index in [0.717, 1.165) is 0 Å². The third kappa shape index (κ3) is 213. The van der Waals surface area contributed by atoms with Gasteiger partial charge in [0.25, 0.3) is 0 Å². The first kappa shape index (κ1) is 336. The molecule has 0 spiro atoms. The number of hydrogen-bond donors (Lipinski definition) is 0. The summed E-state index contributed by atoms with van der Waals surface area (Å²) in [4.78, 5) is 0. The van der Waals surface area contributed by atoms with E-state index in [4.69, 9.17) is 0 Å². The van der Waals surface area contributed by atoms with Gasteiger partial charge in [0.15, 0.2) is 0 Å². The van der Waals surface area contributed by atoms with Crippen LogP contribution in [-0.2, 0) is 61.6 Å². The summed E-state index contributed by atoms with van der Waals surface area (Å²) in [7, 11) is 0. The van der Waals surface area contributed by atoms with Gasteiger partial charge >= 0.3 is 57.2 Å². The summed E-state index contributed by atoms with van der Waals surface area (Å²) in [5.74, 6) is 0. The predicted molar refractivity (Wildman–Crippen MR) is 28.0 cm³/mol. The Kier molecular flexibility index (Phi) is 7560. The largest absolute Gasteiger partial charge is 2.00 e. The molecule has 0 atom stereocenters. The Morgan fingerprint density at radius 2 is 0.417 bits per heavy atom. The Morgan fingerprint density at radius 1 is 0.417 bits per heavy atom. The van der Waals surface area contributed by atoms with E-state index >= 15 is 0 Å². The van der Waals surface area contributed by atoms with Crippen molar-refractivity contribution in [3.63, 3.8) is 0 Å². The molecule has 0 fully saturated rings. The molecule has 0 heterocycles. The van der Waals surface area contributed by atoms with Crippen LogP contribution in [0.2, 0.25) is 0 Å². The maximum absolute atomic E-state index is 0. The van der Waals surface area contributed by atoms with Crippen molar-refractivity contribution >= 4 is 37.7 Å². The van der Waals surface area contributed by atoms with Crippen LogP contribution in [0, 0.1) is 0 Å². The molecule has 12 heteroatoms. The topological polar surface area (TPSA) is 246 Å². The van der Waals surface area contributed by atoms with Crippen LogP contribution < -0.4 is 0 Å². The van der Waals surface area contributed by atoms with Crippen LogP contribution in [0.5, 0.6) is 0 Å². The van der Waals surface area contributed by atoms with E-state index in [9.17, 15) is 0 Å². The molecule has 0 saturated carbocycles. The molecule has 76 valence electrons. The van der Waals surface area contributed by atoms with Gasteiger partial charge in [-0.05, 0) is 0 Å². The van der Waals surface area contributed by atoms with Crippen molar-refractivity contribution in [3.8, 4) is 0 Å². The Labute approximate surface area is 141 Å². The van der Waals surface area contributed by atoms with Gasteiger partial charge in [-0.2, -0.15) is 0 Å². The summed E-state index contributed by atoms with van der Waals surface area (Å²) >= 11 is 0. The number of hydrogen-bond acceptors (Lipinski definition) is 4. The molecule has 0 bridgehead atoms. The first-order chi connectivity index (χ1) is 0. The first-order valence-electron chi connectivity index (χ1n) is 0. The molecule has 0 amide bonds. The van der Waals surface area contributed by atoms with Gasteiger partial charge in [-0.3, -0.25) is 0 Å². The predicted octanol–water partition coefficient (Wildman–Crippen LogP) is -4.39. The minimum atomic E-state index is 0. The van der Waals surface area contributed by atoms with Crippen LogP contribution in [-0.4, -0.2) is 81.5 Å². The summed E-state index contributed by atoms with van der Waals surface area (Å²) in [6.07, 6.45) is 0. The van der Waals surface area contributed by atoms with Gasteiger partial charge in [0, 0.05) is 42.1 Å². The van der Waals surface area contributed by atoms with Crippen molar-refractivity contribution in [2.45, 2.75) is 0 Å². The standard InChI is InChI=1S/Ca.2Mo.8H2O.Zn/h;;;8*1H2;/q+2;;;;;;;;;;;+2/p-4. The fourth-order valence-electron chi connectivity index (χ4n) is 0. The quantitative estimate of drug-likeness (QED) is 0.340. The SMILES string of the molecule is O.O.O.O.[Ca+2].[Mo].[Mo].[OH-].[OH-].[OH-].[OH-].[Zn+2]. The van der Waals surface area contributed by atoms with Crippen LogP contribution in [0.1, 0.15) is 0 Å². The molecule has 0 aromatic carbocycles. The van der Waals surface area contributed by atoms with E-state index in [1.807, 2.05) is 0 Å². The van der Waals surface area contributed by atoms with Gasteiger partial charge in [0.05, 0.1) is 0 Å². The maximum Gasteiger partial charge on any atom is 2.00 e. The van der Waals surface area contributed by atoms with E-state index in [2.05, 4.69) is 0 Å². The van der Waals surface area contributed by atoms with Gasteiger partial charge < -0.3 is 43.8 Å². The van der Waals surface area contributed by atoms with E-state index < -0.39 is 0 Å². The molecule has 8 nitrogen and oxygen atoms in total. The number of rotatable bonds is 0. The Balaban J connectivity index is 0. The fraction of sp³-hybridized carbons (Fsp3) is 0. The van der Waals surface area contributed by atoms with Crippen LogP contribution in [0.25, 0.3) is 0 Å². The van der Waals surface area contributed by atoms with E-state index in [1.54, 1.807) is 0 Å². The summed E-state index contributed by atoms with van der Waals surface area (Å²) in [6.45, 7) is 0. The summed E-state index contributed by atoms with van der Waals surface area (Å²) < 4.78 is 0. The zero-order chi connectivity index (χ0) is 0. The van der Waals surface area contributed by atoms with Crippen LogP contribution in [0.15, 0.2) is 0 Å². The van der Waals surface area contributed by atoms with Crippen molar-refractivity contribution in [3.05, 3.63) is 0 Å². The van der Waals surface area contributed by atoms with Gasteiger partial charge in [0.1, 0.15) is 0 Å². The third-order valence-electron chi connectivity index (χ3n) is 0. The third-order valence-corrected chi connectivity index (χ3v) is 0. The molecule has 12 heavy (non-hydrogen) atoms. The summed E-state index contributed by atoms with van der Waals surface area (Å²) in [6, 6.07) is 0. The molecule has 0 radical (unpaired) electrons. The second-order valence-electron chi connectivity index (χ2n) is 0. The van der Waals surface area contributed by atoms with Crippen molar-refractivity contribution in [2.75, 3.05) is 0 Å². The monoisotopic (exact) mass is 440 g/mol. The second-order valence-corrected chi connectivity index (χ2v) is 0. The normalized spacial score (nSPS) is 0. The molecule has 12 N–H and O–H groups in total. The minimum Gasteiger partial charge on any atom is -0.870 e. The molecule has 0 saturated heterocycles. The molecule has 0 aromatic rings. The van der Waals surface area contributed by atoms with E-state index in [1.165, 1.54) is 0 Å². The molecule has 0 aromatic heterocycles. The van der Waals surface area contributed by atoms with E-state index in [-0.39, 0.29) is 143 Å². The zero-order valence-corrected chi connectivity index (χ0v) is 15.2. The fourth-order valence-corrected chi connectivity index (χ4v) is 0. The van der Waals surface area contributed by atoms with Gasteiger partial charge in [-0.1, -0.05) is 0 Å². The second kappa shape index (κ2) is 270. The minimum absolute atomic E-state index is 0. The summed E-state index contributed by atoms with van der Waals surface area (Å²) in [5.41, 5.74) is 0. The Morgan fingerprint density at radius 3 is 0.417 bits per heavy atom. The molecule has 0 aliphatic rings. The van der Waals surface area contributed by atoms with Crippen molar-refractivity contribution in [2.24, 2.45) is 0 Å². The first-order valence-corrected chi connectivity index (χ1v) is 0. The molecule has 0 aliphatic heterocycles. The smallest absolute Gasteiger partial charge is 0.870 e. The molecular weight excluding hydrogens is 425 g/mol. The zero-order valence-electron chi connectivity index (χ0n) is 6.02. The van der Waals surface area contributed by atoms with Gasteiger partial charge in [-0.15, -0.1) is 0 Å². The Hall–Kier alpha value is 2.94. The van der Waals surface area contributed by atoms with Crippen LogP contribution >= 0.6 is 0 Å². The molecule has 0 rings (SSSR count). The van der Waals surface area contributed by atoms with Crippen molar-refractivity contribution < 1.29 is 105 Å². The van der Waals surface area contributed by atoms with Crippen LogP contribution in [0.4, 0.5) is 0 Å². The molecular formula is H12CaMo2O8Zn. The maximum atomic E-state index is 0. The molecule has 0 aliphatic carbocycles. The molecule has 0 unspecified atom stereocenters. The van der Waals surface area contributed by atoms with Crippen molar-refractivity contribution in [1.29, 1.82) is 0 Å². The van der Waals surface area contributed by atoms with Gasteiger partial charge in [0.2, 0.25) is 0 Å².